The third-order valence-corrected chi connectivity index (χ3v) is 4.33. The van der Waals surface area contributed by atoms with Crippen LogP contribution in [0.3, 0.4) is 0 Å². The Kier molecular flexibility index (Phi) is 6.87. The van der Waals surface area contributed by atoms with Gasteiger partial charge in [0.25, 0.3) is 0 Å². The highest BCUT2D eigenvalue weighted by Gasteiger charge is 2.05. The van der Waals surface area contributed by atoms with E-state index in [1.165, 1.54) is 16.8 Å². The van der Waals surface area contributed by atoms with Gasteiger partial charge in [-0.25, -0.2) is 0 Å². The van der Waals surface area contributed by atoms with Crippen LogP contribution in [0.25, 0.3) is 0 Å². The lowest BCUT2D eigenvalue weighted by Crippen LogP contribution is -2.21. The average molecular weight is 339 g/mol. The molecule has 2 aromatic carbocycles. The molecular weight excluding hydrogens is 310 g/mol. The van der Waals surface area contributed by atoms with E-state index in [2.05, 4.69) is 73.6 Å². The normalized spacial score (nSPS) is 10.4. The third-order valence-electron chi connectivity index (χ3n) is 4.33. The zero-order valence-corrected chi connectivity index (χ0v) is 15.7. The van der Waals surface area contributed by atoms with E-state index in [0.29, 0.717) is 13.0 Å². The van der Waals surface area contributed by atoms with Gasteiger partial charge in [-0.1, -0.05) is 17.7 Å². The summed E-state index contributed by atoms with van der Waals surface area (Å²) in [5, 5.41) is 6.29. The second kappa shape index (κ2) is 9.11. The lowest BCUT2D eigenvalue weighted by atomic mass is 10.1. The summed E-state index contributed by atoms with van der Waals surface area (Å²) < 4.78 is 0. The summed E-state index contributed by atoms with van der Waals surface area (Å²) in [7, 11) is 0. The Labute approximate surface area is 151 Å². The van der Waals surface area contributed by atoms with Gasteiger partial charge in [-0.05, 0) is 63.6 Å². The van der Waals surface area contributed by atoms with Crippen molar-refractivity contribution < 1.29 is 4.79 Å². The van der Waals surface area contributed by atoms with Crippen molar-refractivity contribution in [1.82, 2.24) is 0 Å². The topological polar surface area (TPSA) is 44.4 Å². The van der Waals surface area contributed by atoms with Crippen molar-refractivity contribution in [2.24, 2.45) is 0 Å². The van der Waals surface area contributed by atoms with Crippen molar-refractivity contribution in [3.05, 3.63) is 53.6 Å². The van der Waals surface area contributed by atoms with Crippen LogP contribution in [0.4, 0.5) is 17.1 Å². The molecule has 0 saturated carbocycles. The lowest BCUT2D eigenvalue weighted by molar-refractivity contribution is -0.115. The minimum atomic E-state index is 0.0212. The van der Waals surface area contributed by atoms with E-state index in [-0.39, 0.29) is 5.91 Å². The maximum Gasteiger partial charge on any atom is 0.226 e. The number of aryl methyl sites for hydroxylation is 2. The minimum absolute atomic E-state index is 0.0212. The highest BCUT2D eigenvalue weighted by atomic mass is 16.1. The zero-order chi connectivity index (χ0) is 18.2. The van der Waals surface area contributed by atoms with Crippen molar-refractivity contribution in [2.75, 3.05) is 35.2 Å². The summed E-state index contributed by atoms with van der Waals surface area (Å²) in [5.74, 6) is 0.0212. The first-order chi connectivity index (χ1) is 12.0. The van der Waals surface area contributed by atoms with Gasteiger partial charge in [-0.3, -0.25) is 4.79 Å². The molecule has 2 rings (SSSR count). The highest BCUT2D eigenvalue weighted by molar-refractivity contribution is 5.91. The Morgan fingerprint density at radius 3 is 2.28 bits per heavy atom. The van der Waals surface area contributed by atoms with Crippen LogP contribution in [0.1, 0.15) is 31.4 Å². The molecule has 2 N–H and O–H groups in total. The summed E-state index contributed by atoms with van der Waals surface area (Å²) in [6.45, 7) is 11.0. The lowest BCUT2D eigenvalue weighted by Gasteiger charge is -2.21. The Morgan fingerprint density at radius 2 is 1.68 bits per heavy atom. The van der Waals surface area contributed by atoms with Gasteiger partial charge in [0.15, 0.2) is 0 Å². The summed E-state index contributed by atoms with van der Waals surface area (Å²) in [5.41, 5.74) is 5.55. The molecule has 1 amide bonds. The molecule has 0 heterocycles. The second-order valence-electron chi connectivity index (χ2n) is 6.26. The number of nitrogens with one attached hydrogen (secondary N) is 2. The molecule has 134 valence electrons. The van der Waals surface area contributed by atoms with E-state index in [9.17, 15) is 4.79 Å². The van der Waals surface area contributed by atoms with Crippen molar-refractivity contribution >= 4 is 23.0 Å². The smallest absolute Gasteiger partial charge is 0.226 e. The number of hydrogen-bond donors (Lipinski definition) is 2. The molecule has 0 bridgehead atoms. The molecule has 0 unspecified atom stereocenters. The van der Waals surface area contributed by atoms with Crippen LogP contribution in [-0.2, 0) is 4.79 Å². The summed E-state index contributed by atoms with van der Waals surface area (Å²) in [6, 6.07) is 14.3. The monoisotopic (exact) mass is 339 g/mol. The molecule has 0 atom stereocenters. The number of rotatable bonds is 8. The molecule has 0 spiro atoms. The summed E-state index contributed by atoms with van der Waals surface area (Å²) in [4.78, 5) is 14.4. The van der Waals surface area contributed by atoms with Crippen LogP contribution in [0, 0.1) is 13.8 Å². The fourth-order valence-electron chi connectivity index (χ4n) is 2.89. The average Bonchev–Trinajstić information content (AvgIpc) is 2.59. The SMILES string of the molecule is CCN(CC)c1ccc(NC(=O)CCNc2ccc(C)cc2C)cc1. The number of carbonyl (C=O) groups excluding carboxylic acids is 1. The molecule has 0 aliphatic carbocycles. The standard InChI is InChI=1S/C21H29N3O/c1-5-24(6-2)19-10-8-18(9-11-19)23-21(25)13-14-22-20-12-7-16(3)15-17(20)4/h7-12,15,22H,5-6,13-14H2,1-4H3,(H,23,25). The fraction of sp³-hybridized carbons (Fsp3) is 0.381. The molecule has 0 aromatic heterocycles. The minimum Gasteiger partial charge on any atom is -0.384 e. The van der Waals surface area contributed by atoms with Gasteiger partial charge in [0.1, 0.15) is 0 Å². The van der Waals surface area contributed by atoms with Crippen molar-refractivity contribution in [2.45, 2.75) is 34.1 Å². The third kappa shape index (κ3) is 5.52. The van der Waals surface area contributed by atoms with E-state index < -0.39 is 0 Å². The molecule has 0 radical (unpaired) electrons. The molecule has 0 saturated heterocycles. The highest BCUT2D eigenvalue weighted by Crippen LogP contribution is 2.18. The quantitative estimate of drug-likeness (QED) is 0.739. The van der Waals surface area contributed by atoms with Crippen LogP contribution in [0.5, 0.6) is 0 Å². The van der Waals surface area contributed by atoms with Crippen molar-refractivity contribution in [3.63, 3.8) is 0 Å². The van der Waals surface area contributed by atoms with Crippen LogP contribution in [0.15, 0.2) is 42.5 Å². The Hall–Kier alpha value is -2.49. The van der Waals surface area contributed by atoms with E-state index >= 15 is 0 Å². The first-order valence-corrected chi connectivity index (χ1v) is 8.99. The van der Waals surface area contributed by atoms with Crippen molar-refractivity contribution in [3.8, 4) is 0 Å². The second-order valence-corrected chi connectivity index (χ2v) is 6.26. The largest absolute Gasteiger partial charge is 0.384 e. The predicted molar refractivity (Wildman–Crippen MR) is 108 cm³/mol. The van der Waals surface area contributed by atoms with E-state index in [1.807, 2.05) is 12.1 Å². The maximum absolute atomic E-state index is 12.1. The molecule has 0 fully saturated rings. The van der Waals surface area contributed by atoms with Crippen LogP contribution in [-0.4, -0.2) is 25.5 Å². The Bertz CT molecular complexity index is 691. The first kappa shape index (κ1) is 18.8. The number of nitrogens with zero attached hydrogens (tertiary/aromatic N) is 1. The Balaban J connectivity index is 1.82. The molecular formula is C21H29N3O. The van der Waals surface area contributed by atoms with E-state index in [4.69, 9.17) is 0 Å². The van der Waals surface area contributed by atoms with Gasteiger partial charge in [0.05, 0.1) is 0 Å². The van der Waals surface area contributed by atoms with Gasteiger partial charge in [0.2, 0.25) is 5.91 Å². The predicted octanol–water partition coefficient (Wildman–Crippen LogP) is 4.59. The number of amides is 1. The number of carbonyl (C=O) groups is 1. The molecule has 4 nitrogen and oxygen atoms in total. The van der Waals surface area contributed by atoms with Gasteiger partial charge >= 0.3 is 0 Å². The van der Waals surface area contributed by atoms with Gasteiger partial charge in [-0.15, -0.1) is 0 Å². The fourth-order valence-corrected chi connectivity index (χ4v) is 2.89. The maximum atomic E-state index is 12.1. The van der Waals surface area contributed by atoms with E-state index in [0.717, 1.165) is 24.5 Å². The zero-order valence-electron chi connectivity index (χ0n) is 15.7. The van der Waals surface area contributed by atoms with Crippen LogP contribution < -0.4 is 15.5 Å². The van der Waals surface area contributed by atoms with Gasteiger partial charge in [-0.2, -0.15) is 0 Å². The number of hydrogen-bond acceptors (Lipinski definition) is 3. The molecule has 0 aliphatic rings. The summed E-state index contributed by atoms with van der Waals surface area (Å²) in [6.07, 6.45) is 0.436. The molecule has 0 aliphatic heterocycles. The molecule has 4 heteroatoms. The van der Waals surface area contributed by atoms with Gasteiger partial charge < -0.3 is 15.5 Å². The van der Waals surface area contributed by atoms with Crippen LogP contribution >= 0.6 is 0 Å². The first-order valence-electron chi connectivity index (χ1n) is 8.99. The van der Waals surface area contributed by atoms with Crippen molar-refractivity contribution in [1.29, 1.82) is 0 Å². The van der Waals surface area contributed by atoms with E-state index in [1.54, 1.807) is 0 Å². The summed E-state index contributed by atoms with van der Waals surface area (Å²) >= 11 is 0. The van der Waals surface area contributed by atoms with Crippen LogP contribution in [0.2, 0.25) is 0 Å². The number of anilines is 3. The molecule has 25 heavy (non-hydrogen) atoms. The number of benzene rings is 2. The Morgan fingerprint density at radius 1 is 1.00 bits per heavy atom. The molecule has 2 aromatic rings. The van der Waals surface area contributed by atoms with Gasteiger partial charge in [0, 0.05) is 43.1 Å².